The average molecular weight is 222 g/mol. The predicted octanol–water partition coefficient (Wildman–Crippen LogP) is 2.55. The van der Waals surface area contributed by atoms with Crippen LogP contribution in [0.2, 0.25) is 0 Å². The third kappa shape index (κ3) is 2.99. The van der Waals surface area contributed by atoms with Crippen molar-refractivity contribution in [1.29, 1.82) is 0 Å². The normalized spacial score (nSPS) is 11.2. The summed E-state index contributed by atoms with van der Waals surface area (Å²) in [6, 6.07) is 6.00. The van der Waals surface area contributed by atoms with E-state index in [-0.39, 0.29) is 12.0 Å². The molecule has 1 aromatic carbocycles. The third-order valence-electron chi connectivity index (χ3n) is 2.24. The fraction of sp³-hybridized carbons (Fsp3) is 0.385. The smallest absolute Gasteiger partial charge is 0.204 e. The zero-order valence-electron chi connectivity index (χ0n) is 9.71. The SMILES string of the molecule is CC(C)(C)C(=O)C(=O)Cc1ccccc1F. The number of ketones is 2. The number of carbonyl (C=O) groups is 2. The van der Waals surface area contributed by atoms with Gasteiger partial charge in [0.05, 0.1) is 0 Å². The third-order valence-corrected chi connectivity index (χ3v) is 2.24. The Bertz CT molecular complexity index is 416. The highest BCUT2D eigenvalue weighted by molar-refractivity contribution is 6.39. The Balaban J connectivity index is 2.81. The van der Waals surface area contributed by atoms with Gasteiger partial charge in [0.1, 0.15) is 5.82 Å². The molecule has 16 heavy (non-hydrogen) atoms. The summed E-state index contributed by atoms with van der Waals surface area (Å²) >= 11 is 0. The molecule has 0 aromatic heterocycles. The van der Waals surface area contributed by atoms with Crippen LogP contribution in [0.25, 0.3) is 0 Å². The van der Waals surface area contributed by atoms with Gasteiger partial charge in [-0.15, -0.1) is 0 Å². The van der Waals surface area contributed by atoms with Crippen molar-refractivity contribution in [2.24, 2.45) is 5.41 Å². The van der Waals surface area contributed by atoms with Crippen molar-refractivity contribution in [1.82, 2.24) is 0 Å². The van der Waals surface area contributed by atoms with E-state index < -0.39 is 22.8 Å². The van der Waals surface area contributed by atoms with Gasteiger partial charge in [0.15, 0.2) is 0 Å². The molecule has 0 bridgehead atoms. The molecule has 0 spiro atoms. The molecule has 0 unspecified atom stereocenters. The van der Waals surface area contributed by atoms with E-state index in [0.717, 1.165) is 0 Å². The Morgan fingerprint density at radius 1 is 1.19 bits per heavy atom. The van der Waals surface area contributed by atoms with Crippen LogP contribution in [0, 0.1) is 11.2 Å². The highest BCUT2D eigenvalue weighted by Gasteiger charge is 2.28. The van der Waals surface area contributed by atoms with Crippen molar-refractivity contribution in [3.8, 4) is 0 Å². The van der Waals surface area contributed by atoms with E-state index in [1.807, 2.05) is 0 Å². The summed E-state index contributed by atoms with van der Waals surface area (Å²) in [5.74, 6) is -1.45. The van der Waals surface area contributed by atoms with Crippen LogP contribution in [0.1, 0.15) is 26.3 Å². The molecular weight excluding hydrogens is 207 g/mol. The second-order valence-corrected chi connectivity index (χ2v) is 4.77. The summed E-state index contributed by atoms with van der Waals surface area (Å²) in [5.41, 5.74) is -0.437. The van der Waals surface area contributed by atoms with E-state index in [0.29, 0.717) is 0 Å². The second-order valence-electron chi connectivity index (χ2n) is 4.77. The molecule has 0 aliphatic carbocycles. The fourth-order valence-electron chi connectivity index (χ4n) is 1.31. The predicted molar refractivity (Wildman–Crippen MR) is 59.6 cm³/mol. The topological polar surface area (TPSA) is 34.1 Å². The van der Waals surface area contributed by atoms with Gasteiger partial charge in [-0.2, -0.15) is 0 Å². The van der Waals surface area contributed by atoms with E-state index in [4.69, 9.17) is 0 Å². The van der Waals surface area contributed by atoms with Crippen molar-refractivity contribution in [3.63, 3.8) is 0 Å². The number of hydrogen-bond donors (Lipinski definition) is 0. The molecule has 3 heteroatoms. The molecule has 0 saturated carbocycles. The number of Topliss-reactive ketones (excluding diaryl/α,β-unsaturated/α-hetero) is 2. The van der Waals surface area contributed by atoms with E-state index >= 15 is 0 Å². The molecule has 0 atom stereocenters. The maximum Gasteiger partial charge on any atom is 0.204 e. The summed E-state index contributed by atoms with van der Waals surface area (Å²) in [7, 11) is 0. The van der Waals surface area contributed by atoms with Gasteiger partial charge < -0.3 is 0 Å². The first-order chi connectivity index (χ1) is 7.32. The highest BCUT2D eigenvalue weighted by atomic mass is 19.1. The molecule has 0 radical (unpaired) electrons. The molecule has 0 amide bonds. The van der Waals surface area contributed by atoms with Gasteiger partial charge in [0.25, 0.3) is 0 Å². The van der Waals surface area contributed by atoms with Crippen LogP contribution >= 0.6 is 0 Å². The summed E-state index contributed by atoms with van der Waals surface area (Å²) in [6.45, 7) is 5.03. The van der Waals surface area contributed by atoms with E-state index in [1.54, 1.807) is 32.9 Å². The molecule has 86 valence electrons. The molecule has 2 nitrogen and oxygen atoms in total. The molecule has 0 N–H and O–H groups in total. The van der Waals surface area contributed by atoms with Gasteiger partial charge in [0.2, 0.25) is 11.6 Å². The standard InChI is InChI=1S/C13H15FO2/c1-13(2,3)12(16)11(15)8-9-6-4-5-7-10(9)14/h4-7H,8H2,1-3H3. The van der Waals surface area contributed by atoms with Gasteiger partial charge in [0, 0.05) is 11.8 Å². The molecule has 0 fully saturated rings. The summed E-state index contributed by atoms with van der Waals surface area (Å²) in [6.07, 6.45) is -0.164. The summed E-state index contributed by atoms with van der Waals surface area (Å²) in [4.78, 5) is 23.2. The minimum absolute atomic E-state index is 0.164. The molecule has 0 aliphatic rings. The molecule has 1 rings (SSSR count). The lowest BCUT2D eigenvalue weighted by atomic mass is 9.86. The first kappa shape index (κ1) is 12.6. The number of rotatable bonds is 3. The van der Waals surface area contributed by atoms with Crippen LogP contribution in [0.4, 0.5) is 4.39 Å². The number of hydrogen-bond acceptors (Lipinski definition) is 2. The Labute approximate surface area is 94.5 Å². The van der Waals surface area contributed by atoms with Crippen molar-refractivity contribution in [2.45, 2.75) is 27.2 Å². The van der Waals surface area contributed by atoms with E-state index in [9.17, 15) is 14.0 Å². The van der Waals surface area contributed by atoms with Crippen LogP contribution in [-0.4, -0.2) is 11.6 Å². The van der Waals surface area contributed by atoms with Gasteiger partial charge in [-0.1, -0.05) is 39.0 Å². The van der Waals surface area contributed by atoms with E-state index in [1.165, 1.54) is 12.1 Å². The van der Waals surface area contributed by atoms with Gasteiger partial charge in [-0.25, -0.2) is 4.39 Å². The Morgan fingerprint density at radius 3 is 2.25 bits per heavy atom. The summed E-state index contributed by atoms with van der Waals surface area (Å²) < 4.78 is 13.2. The highest BCUT2D eigenvalue weighted by Crippen LogP contribution is 2.17. The first-order valence-corrected chi connectivity index (χ1v) is 5.13. The zero-order chi connectivity index (χ0) is 12.3. The van der Waals surface area contributed by atoms with Crippen LogP contribution < -0.4 is 0 Å². The van der Waals surface area contributed by atoms with Crippen LogP contribution in [0.3, 0.4) is 0 Å². The van der Waals surface area contributed by atoms with Crippen molar-refractivity contribution >= 4 is 11.6 Å². The Morgan fingerprint density at radius 2 is 1.75 bits per heavy atom. The lowest BCUT2D eigenvalue weighted by Gasteiger charge is -2.15. The largest absolute Gasteiger partial charge is 0.290 e. The second kappa shape index (κ2) is 4.56. The minimum Gasteiger partial charge on any atom is -0.290 e. The Hall–Kier alpha value is -1.51. The van der Waals surface area contributed by atoms with Crippen molar-refractivity contribution in [2.75, 3.05) is 0 Å². The maximum atomic E-state index is 13.2. The molecular formula is C13H15FO2. The van der Waals surface area contributed by atoms with Crippen LogP contribution in [-0.2, 0) is 16.0 Å². The quantitative estimate of drug-likeness (QED) is 0.736. The van der Waals surface area contributed by atoms with Crippen LogP contribution in [0.15, 0.2) is 24.3 Å². The molecule has 1 aromatic rings. The minimum atomic E-state index is -0.706. The number of carbonyl (C=O) groups excluding carboxylic acids is 2. The lowest BCUT2D eigenvalue weighted by Crippen LogP contribution is -2.29. The monoisotopic (exact) mass is 222 g/mol. The zero-order valence-corrected chi connectivity index (χ0v) is 9.71. The van der Waals surface area contributed by atoms with E-state index in [2.05, 4.69) is 0 Å². The Kier molecular flexibility index (Phi) is 3.58. The van der Waals surface area contributed by atoms with Gasteiger partial charge in [-0.05, 0) is 11.6 Å². The van der Waals surface area contributed by atoms with Crippen molar-refractivity contribution < 1.29 is 14.0 Å². The number of halogens is 1. The average Bonchev–Trinajstić information content (AvgIpc) is 2.19. The maximum absolute atomic E-state index is 13.2. The molecule has 0 aliphatic heterocycles. The number of benzene rings is 1. The van der Waals surface area contributed by atoms with Crippen LogP contribution in [0.5, 0.6) is 0 Å². The lowest BCUT2D eigenvalue weighted by molar-refractivity contribution is -0.140. The van der Waals surface area contributed by atoms with Gasteiger partial charge >= 0.3 is 0 Å². The molecule has 0 saturated heterocycles. The van der Waals surface area contributed by atoms with Crippen molar-refractivity contribution in [3.05, 3.63) is 35.6 Å². The van der Waals surface area contributed by atoms with Gasteiger partial charge in [-0.3, -0.25) is 9.59 Å². The first-order valence-electron chi connectivity index (χ1n) is 5.13. The fourth-order valence-corrected chi connectivity index (χ4v) is 1.31. The summed E-state index contributed by atoms with van der Waals surface area (Å²) in [5, 5.41) is 0. The molecule has 0 heterocycles.